The van der Waals surface area contributed by atoms with Gasteiger partial charge >= 0.3 is 0 Å². The van der Waals surface area contributed by atoms with Gasteiger partial charge in [0.25, 0.3) is 0 Å². The highest BCUT2D eigenvalue weighted by Crippen LogP contribution is 2.37. The van der Waals surface area contributed by atoms with Gasteiger partial charge in [0.1, 0.15) is 0 Å². The van der Waals surface area contributed by atoms with Gasteiger partial charge in [0, 0.05) is 19.3 Å². The average Bonchev–Trinajstić information content (AvgIpc) is 2.43. The Morgan fingerprint density at radius 3 is 2.77 bits per heavy atom. The van der Waals surface area contributed by atoms with Crippen LogP contribution >= 0.6 is 0 Å². The molecule has 0 saturated heterocycles. The van der Waals surface area contributed by atoms with Crippen molar-refractivity contribution in [3.05, 3.63) is 17.2 Å². The molecule has 0 amide bonds. The maximum atomic E-state index is 6.00. The maximum absolute atomic E-state index is 6.00. The first-order valence-corrected chi connectivity index (χ1v) is 4.50. The van der Waals surface area contributed by atoms with E-state index >= 15 is 0 Å². The van der Waals surface area contributed by atoms with Gasteiger partial charge in [-0.15, -0.1) is 0 Å². The number of nitrogen functional groups attached to an aromatic ring is 2. The summed E-state index contributed by atoms with van der Waals surface area (Å²) in [7, 11) is 2.07. The van der Waals surface area contributed by atoms with Crippen LogP contribution < -0.4 is 16.4 Å². The molecular weight excluding hydrogens is 162 g/mol. The second-order valence-corrected chi connectivity index (χ2v) is 3.68. The molecule has 4 N–H and O–H groups in total. The van der Waals surface area contributed by atoms with Crippen molar-refractivity contribution in [3.63, 3.8) is 0 Å². The Kier molecular flexibility index (Phi) is 1.62. The van der Waals surface area contributed by atoms with Crippen LogP contribution in [0.25, 0.3) is 0 Å². The third-order valence-electron chi connectivity index (χ3n) is 2.82. The monoisotopic (exact) mass is 177 g/mol. The van der Waals surface area contributed by atoms with E-state index < -0.39 is 0 Å². The van der Waals surface area contributed by atoms with Crippen molar-refractivity contribution >= 4 is 17.1 Å². The number of fused-ring (bicyclic) bond motifs is 1. The molecule has 13 heavy (non-hydrogen) atoms. The van der Waals surface area contributed by atoms with Crippen LogP contribution in [0.4, 0.5) is 17.1 Å². The predicted octanol–water partition coefficient (Wildman–Crippen LogP) is 1.15. The predicted molar refractivity (Wildman–Crippen MR) is 57.0 cm³/mol. The van der Waals surface area contributed by atoms with Crippen molar-refractivity contribution in [2.24, 2.45) is 0 Å². The van der Waals surface area contributed by atoms with E-state index in [1.165, 1.54) is 11.3 Å². The van der Waals surface area contributed by atoms with Gasteiger partial charge in [-0.25, -0.2) is 0 Å². The van der Waals surface area contributed by atoms with E-state index in [9.17, 15) is 0 Å². The molecule has 0 saturated carbocycles. The SMILES string of the molecule is Cc1c(N)cc2c(c1N)N(C)CC2. The summed E-state index contributed by atoms with van der Waals surface area (Å²) in [5.74, 6) is 0. The Balaban J connectivity index is 2.68. The summed E-state index contributed by atoms with van der Waals surface area (Å²) >= 11 is 0. The molecule has 70 valence electrons. The first-order valence-electron chi connectivity index (χ1n) is 4.50. The van der Waals surface area contributed by atoms with E-state index in [0.29, 0.717) is 0 Å². The van der Waals surface area contributed by atoms with E-state index in [0.717, 1.165) is 29.9 Å². The van der Waals surface area contributed by atoms with Crippen molar-refractivity contribution in [3.8, 4) is 0 Å². The highest BCUT2D eigenvalue weighted by molar-refractivity contribution is 5.81. The van der Waals surface area contributed by atoms with Gasteiger partial charge in [0.15, 0.2) is 0 Å². The summed E-state index contributed by atoms with van der Waals surface area (Å²) in [6.07, 6.45) is 1.06. The van der Waals surface area contributed by atoms with Crippen LogP contribution in [-0.4, -0.2) is 13.6 Å². The fourth-order valence-electron chi connectivity index (χ4n) is 1.91. The molecule has 3 nitrogen and oxygen atoms in total. The Hall–Kier alpha value is -1.38. The lowest BCUT2D eigenvalue weighted by Crippen LogP contribution is -2.14. The van der Waals surface area contributed by atoms with Gasteiger partial charge in [0.05, 0.1) is 11.4 Å². The number of hydrogen-bond donors (Lipinski definition) is 2. The summed E-state index contributed by atoms with van der Waals surface area (Å²) in [6, 6.07) is 2.05. The van der Waals surface area contributed by atoms with E-state index in [1.807, 2.05) is 13.0 Å². The fourth-order valence-corrected chi connectivity index (χ4v) is 1.91. The van der Waals surface area contributed by atoms with Crippen LogP contribution in [0, 0.1) is 6.92 Å². The maximum Gasteiger partial charge on any atom is 0.0634 e. The Morgan fingerprint density at radius 2 is 2.08 bits per heavy atom. The van der Waals surface area contributed by atoms with Gasteiger partial charge in [-0.1, -0.05) is 0 Å². The van der Waals surface area contributed by atoms with Gasteiger partial charge in [-0.05, 0) is 30.5 Å². The van der Waals surface area contributed by atoms with Crippen molar-refractivity contribution in [1.29, 1.82) is 0 Å². The highest BCUT2D eigenvalue weighted by Gasteiger charge is 2.20. The number of rotatable bonds is 0. The molecule has 1 heterocycles. The van der Waals surface area contributed by atoms with Gasteiger partial charge in [-0.2, -0.15) is 0 Å². The van der Waals surface area contributed by atoms with Crippen LogP contribution in [0.5, 0.6) is 0 Å². The van der Waals surface area contributed by atoms with Crippen LogP contribution in [0.3, 0.4) is 0 Å². The topological polar surface area (TPSA) is 55.3 Å². The number of likely N-dealkylation sites (N-methyl/N-ethyl adjacent to an activating group) is 1. The first-order chi connectivity index (χ1) is 6.11. The number of nitrogens with zero attached hydrogens (tertiary/aromatic N) is 1. The van der Waals surface area contributed by atoms with Gasteiger partial charge in [0.2, 0.25) is 0 Å². The molecule has 1 aromatic carbocycles. The number of anilines is 3. The molecule has 0 aliphatic carbocycles. The minimum absolute atomic E-state index is 0.812. The molecule has 2 rings (SSSR count). The van der Waals surface area contributed by atoms with Crippen LogP contribution in [0.2, 0.25) is 0 Å². The van der Waals surface area contributed by atoms with Crippen molar-refractivity contribution in [1.82, 2.24) is 0 Å². The van der Waals surface area contributed by atoms with Crippen molar-refractivity contribution in [2.75, 3.05) is 30.0 Å². The number of benzene rings is 1. The summed E-state index contributed by atoms with van der Waals surface area (Å²) < 4.78 is 0. The van der Waals surface area contributed by atoms with Gasteiger partial charge in [-0.3, -0.25) is 0 Å². The van der Waals surface area contributed by atoms with Gasteiger partial charge < -0.3 is 16.4 Å². The number of hydrogen-bond acceptors (Lipinski definition) is 3. The average molecular weight is 177 g/mol. The third-order valence-corrected chi connectivity index (χ3v) is 2.82. The molecule has 0 aromatic heterocycles. The molecule has 1 aliphatic rings. The summed E-state index contributed by atoms with van der Waals surface area (Å²) in [5.41, 5.74) is 17.0. The molecule has 0 fully saturated rings. The quantitative estimate of drug-likeness (QED) is 0.584. The fraction of sp³-hybridized carbons (Fsp3) is 0.400. The summed E-state index contributed by atoms with van der Waals surface area (Å²) in [4.78, 5) is 2.19. The lowest BCUT2D eigenvalue weighted by Gasteiger charge is -2.17. The zero-order chi connectivity index (χ0) is 9.59. The zero-order valence-corrected chi connectivity index (χ0v) is 8.09. The normalized spacial score (nSPS) is 14.8. The van der Waals surface area contributed by atoms with E-state index in [-0.39, 0.29) is 0 Å². The molecule has 0 unspecified atom stereocenters. The highest BCUT2D eigenvalue weighted by atomic mass is 15.1. The molecular formula is C10H15N3. The second kappa shape index (κ2) is 2.55. The smallest absolute Gasteiger partial charge is 0.0634 e. The van der Waals surface area contributed by atoms with Crippen molar-refractivity contribution < 1.29 is 0 Å². The second-order valence-electron chi connectivity index (χ2n) is 3.68. The molecule has 1 aliphatic heterocycles. The standard InChI is InChI=1S/C10H15N3/c1-6-8(11)5-7-3-4-13(2)10(7)9(6)12/h5H,3-4,11-12H2,1-2H3. The van der Waals surface area contributed by atoms with Crippen LogP contribution in [0.1, 0.15) is 11.1 Å². The van der Waals surface area contributed by atoms with E-state index in [2.05, 4.69) is 11.9 Å². The molecule has 0 bridgehead atoms. The number of nitrogens with two attached hydrogens (primary N) is 2. The van der Waals surface area contributed by atoms with Crippen LogP contribution in [-0.2, 0) is 6.42 Å². The third kappa shape index (κ3) is 1.03. The Morgan fingerprint density at radius 1 is 1.38 bits per heavy atom. The molecule has 0 atom stereocenters. The summed E-state index contributed by atoms with van der Waals surface area (Å²) in [5, 5.41) is 0. The minimum atomic E-state index is 0.812. The zero-order valence-electron chi connectivity index (χ0n) is 8.09. The lowest BCUT2D eigenvalue weighted by molar-refractivity contribution is 0.956. The Labute approximate surface area is 78.3 Å². The van der Waals surface area contributed by atoms with E-state index in [1.54, 1.807) is 0 Å². The molecule has 3 heteroatoms. The Bertz CT molecular complexity index is 358. The van der Waals surface area contributed by atoms with Crippen LogP contribution in [0.15, 0.2) is 6.07 Å². The summed E-state index contributed by atoms with van der Waals surface area (Å²) in [6.45, 7) is 3.01. The first kappa shape index (κ1) is 8.23. The lowest BCUT2D eigenvalue weighted by atomic mass is 10.1. The van der Waals surface area contributed by atoms with Crippen molar-refractivity contribution in [2.45, 2.75) is 13.3 Å². The molecule has 1 aromatic rings. The molecule has 0 radical (unpaired) electrons. The minimum Gasteiger partial charge on any atom is -0.398 e. The molecule has 0 spiro atoms. The van der Waals surface area contributed by atoms with E-state index in [4.69, 9.17) is 11.5 Å². The largest absolute Gasteiger partial charge is 0.398 e.